The van der Waals surface area contributed by atoms with E-state index in [0.717, 1.165) is 4.90 Å². The lowest BCUT2D eigenvalue weighted by molar-refractivity contribution is 0.107. The van der Waals surface area contributed by atoms with Gasteiger partial charge in [-0.05, 0) is 32.0 Å². The summed E-state index contributed by atoms with van der Waals surface area (Å²) >= 11 is 7.34. The summed E-state index contributed by atoms with van der Waals surface area (Å²) in [6, 6.07) is 5.34. The second-order valence-electron chi connectivity index (χ2n) is 3.78. The molecule has 0 fully saturated rings. The summed E-state index contributed by atoms with van der Waals surface area (Å²) in [5, 5.41) is 10.2. The van der Waals surface area contributed by atoms with Crippen LogP contribution in [0.5, 0.6) is 0 Å². The molecular formula is C10H14ClNOS. The first kappa shape index (κ1) is 11.7. The number of nitrogens with two attached hydrogens (primary N) is 1. The van der Waals surface area contributed by atoms with Crippen LogP contribution in [-0.2, 0) is 0 Å². The zero-order chi connectivity index (χ0) is 10.8. The number of nitrogen functional groups attached to an aromatic ring is 1. The summed E-state index contributed by atoms with van der Waals surface area (Å²) in [6.07, 6.45) is 0. The van der Waals surface area contributed by atoms with Crippen molar-refractivity contribution in [2.75, 3.05) is 11.5 Å². The highest BCUT2D eigenvalue weighted by Gasteiger charge is 2.13. The number of aliphatic hydroxyl groups is 1. The molecule has 4 heteroatoms. The van der Waals surface area contributed by atoms with Gasteiger partial charge in [0.25, 0.3) is 0 Å². The normalized spacial score (nSPS) is 11.7. The first-order chi connectivity index (χ1) is 6.38. The first-order valence-corrected chi connectivity index (χ1v) is 5.65. The number of benzene rings is 1. The standard InChI is InChI=1S/C10H14ClNOS/c1-10(2,13)6-14-9-5-7(11)3-4-8(9)12/h3-5,13H,6,12H2,1-2H3. The second kappa shape index (κ2) is 4.43. The van der Waals surface area contributed by atoms with E-state index >= 15 is 0 Å². The third-order valence-corrected chi connectivity index (χ3v) is 3.31. The van der Waals surface area contributed by atoms with Crippen LogP contribution in [-0.4, -0.2) is 16.5 Å². The molecule has 0 unspecified atom stereocenters. The molecule has 0 aliphatic rings. The van der Waals surface area contributed by atoms with Crippen molar-refractivity contribution in [3.8, 4) is 0 Å². The molecule has 3 N–H and O–H groups in total. The second-order valence-corrected chi connectivity index (χ2v) is 5.24. The van der Waals surface area contributed by atoms with Crippen molar-refractivity contribution in [1.82, 2.24) is 0 Å². The van der Waals surface area contributed by atoms with Crippen LogP contribution < -0.4 is 5.73 Å². The van der Waals surface area contributed by atoms with Gasteiger partial charge in [0, 0.05) is 21.4 Å². The maximum atomic E-state index is 9.54. The Morgan fingerprint density at radius 3 is 2.71 bits per heavy atom. The van der Waals surface area contributed by atoms with E-state index in [9.17, 15) is 5.11 Å². The number of halogens is 1. The molecule has 1 aromatic carbocycles. The first-order valence-electron chi connectivity index (χ1n) is 4.29. The van der Waals surface area contributed by atoms with Gasteiger partial charge in [-0.2, -0.15) is 0 Å². The minimum Gasteiger partial charge on any atom is -0.398 e. The van der Waals surface area contributed by atoms with Gasteiger partial charge in [-0.3, -0.25) is 0 Å². The molecule has 0 radical (unpaired) electrons. The number of hydrogen-bond donors (Lipinski definition) is 2. The molecule has 0 aliphatic carbocycles. The summed E-state index contributed by atoms with van der Waals surface area (Å²) in [6.45, 7) is 3.53. The van der Waals surface area contributed by atoms with Gasteiger partial charge < -0.3 is 10.8 Å². The summed E-state index contributed by atoms with van der Waals surface area (Å²) < 4.78 is 0. The SMILES string of the molecule is CC(C)(O)CSc1cc(Cl)ccc1N. The Hall–Kier alpha value is -0.380. The highest BCUT2D eigenvalue weighted by molar-refractivity contribution is 7.99. The minimum absolute atomic E-state index is 0.595. The van der Waals surface area contributed by atoms with Gasteiger partial charge in [0.2, 0.25) is 0 Å². The fourth-order valence-corrected chi connectivity index (χ4v) is 2.08. The molecule has 0 amide bonds. The van der Waals surface area contributed by atoms with E-state index in [-0.39, 0.29) is 0 Å². The monoisotopic (exact) mass is 231 g/mol. The van der Waals surface area contributed by atoms with Crippen molar-refractivity contribution in [1.29, 1.82) is 0 Å². The predicted molar refractivity (Wildman–Crippen MR) is 62.9 cm³/mol. The van der Waals surface area contributed by atoms with E-state index < -0.39 is 5.60 Å². The Bertz CT molecular complexity index is 322. The Morgan fingerprint density at radius 1 is 1.50 bits per heavy atom. The summed E-state index contributed by atoms with van der Waals surface area (Å²) in [5.74, 6) is 0.595. The summed E-state index contributed by atoms with van der Waals surface area (Å²) in [7, 11) is 0. The van der Waals surface area contributed by atoms with Crippen LogP contribution >= 0.6 is 23.4 Å². The number of rotatable bonds is 3. The highest BCUT2D eigenvalue weighted by atomic mass is 35.5. The van der Waals surface area contributed by atoms with Crippen LogP contribution in [0.15, 0.2) is 23.1 Å². The van der Waals surface area contributed by atoms with Crippen molar-refractivity contribution in [3.05, 3.63) is 23.2 Å². The van der Waals surface area contributed by atoms with Gasteiger partial charge in [0.1, 0.15) is 0 Å². The maximum absolute atomic E-state index is 9.54. The molecule has 0 spiro atoms. The van der Waals surface area contributed by atoms with Gasteiger partial charge >= 0.3 is 0 Å². The molecule has 1 aromatic rings. The molecule has 0 aliphatic heterocycles. The molecule has 14 heavy (non-hydrogen) atoms. The summed E-state index contributed by atoms with van der Waals surface area (Å²) in [5.41, 5.74) is 5.76. The zero-order valence-corrected chi connectivity index (χ0v) is 9.82. The van der Waals surface area contributed by atoms with Gasteiger partial charge in [0.05, 0.1) is 5.60 Å². The van der Waals surface area contributed by atoms with Gasteiger partial charge in [-0.15, -0.1) is 11.8 Å². The van der Waals surface area contributed by atoms with Gasteiger partial charge in [0.15, 0.2) is 0 Å². The summed E-state index contributed by atoms with van der Waals surface area (Å²) in [4.78, 5) is 0.916. The molecule has 2 nitrogen and oxygen atoms in total. The molecule has 0 bridgehead atoms. The van der Waals surface area contributed by atoms with Crippen molar-refractivity contribution < 1.29 is 5.11 Å². The van der Waals surface area contributed by atoms with E-state index in [4.69, 9.17) is 17.3 Å². The van der Waals surface area contributed by atoms with Crippen molar-refractivity contribution >= 4 is 29.1 Å². The molecule has 0 saturated heterocycles. The Morgan fingerprint density at radius 2 is 2.14 bits per heavy atom. The molecule has 78 valence electrons. The largest absolute Gasteiger partial charge is 0.398 e. The van der Waals surface area contributed by atoms with Crippen LogP contribution in [0.4, 0.5) is 5.69 Å². The van der Waals surface area contributed by atoms with E-state index in [1.165, 1.54) is 11.8 Å². The number of hydrogen-bond acceptors (Lipinski definition) is 3. The van der Waals surface area contributed by atoms with Crippen molar-refractivity contribution in [3.63, 3.8) is 0 Å². The van der Waals surface area contributed by atoms with Crippen LogP contribution in [0.25, 0.3) is 0 Å². The topological polar surface area (TPSA) is 46.2 Å². The molecule has 0 heterocycles. The maximum Gasteiger partial charge on any atom is 0.0685 e. The average molecular weight is 232 g/mol. The average Bonchev–Trinajstić information content (AvgIpc) is 2.05. The molecule has 0 aromatic heterocycles. The van der Waals surface area contributed by atoms with Gasteiger partial charge in [-0.1, -0.05) is 11.6 Å². The molecule has 0 atom stereocenters. The lowest BCUT2D eigenvalue weighted by atomic mass is 10.2. The minimum atomic E-state index is -0.695. The smallest absolute Gasteiger partial charge is 0.0685 e. The van der Waals surface area contributed by atoms with E-state index in [1.807, 2.05) is 6.07 Å². The highest BCUT2D eigenvalue weighted by Crippen LogP contribution is 2.30. The molecule has 0 saturated carbocycles. The Kier molecular flexibility index (Phi) is 3.70. The zero-order valence-electron chi connectivity index (χ0n) is 8.25. The fraction of sp³-hybridized carbons (Fsp3) is 0.400. The van der Waals surface area contributed by atoms with Crippen LogP contribution in [0.2, 0.25) is 5.02 Å². The fourth-order valence-electron chi connectivity index (χ4n) is 0.888. The molecule has 1 rings (SSSR count). The molecular weight excluding hydrogens is 218 g/mol. The number of thioether (sulfide) groups is 1. The van der Waals surface area contributed by atoms with Gasteiger partial charge in [-0.25, -0.2) is 0 Å². The van der Waals surface area contributed by atoms with E-state index in [2.05, 4.69) is 0 Å². The quantitative estimate of drug-likeness (QED) is 0.621. The predicted octanol–water partition coefficient (Wildman–Crippen LogP) is 2.79. The van der Waals surface area contributed by atoms with Crippen molar-refractivity contribution in [2.24, 2.45) is 0 Å². The van der Waals surface area contributed by atoms with Crippen LogP contribution in [0.1, 0.15) is 13.8 Å². The van der Waals surface area contributed by atoms with Crippen LogP contribution in [0, 0.1) is 0 Å². The lowest BCUT2D eigenvalue weighted by Crippen LogP contribution is -2.21. The third kappa shape index (κ3) is 3.78. The van der Waals surface area contributed by atoms with Crippen LogP contribution in [0.3, 0.4) is 0 Å². The lowest BCUT2D eigenvalue weighted by Gasteiger charge is -2.16. The van der Waals surface area contributed by atoms with Crippen molar-refractivity contribution in [2.45, 2.75) is 24.3 Å². The number of anilines is 1. The van der Waals surface area contributed by atoms with E-state index in [1.54, 1.807) is 26.0 Å². The van der Waals surface area contributed by atoms with E-state index in [0.29, 0.717) is 16.5 Å². The Balaban J connectivity index is 2.72. The third-order valence-electron chi connectivity index (χ3n) is 1.56. The Labute approximate surface area is 93.5 Å².